The molecule has 2 heterocycles. The Labute approximate surface area is 149 Å². The summed E-state index contributed by atoms with van der Waals surface area (Å²) in [4.78, 5) is 4.96. The molecule has 0 N–H and O–H groups in total. The first-order valence-corrected chi connectivity index (χ1v) is 9.02. The van der Waals surface area contributed by atoms with E-state index < -0.39 is 0 Å². The number of benzene rings is 1. The Morgan fingerprint density at radius 3 is 2.32 bits per heavy atom. The van der Waals surface area contributed by atoms with Crippen LogP contribution in [0.3, 0.4) is 0 Å². The Kier molecular flexibility index (Phi) is 5.65. The molecule has 0 spiro atoms. The van der Waals surface area contributed by atoms with E-state index in [-0.39, 0.29) is 12.1 Å². The quantitative estimate of drug-likeness (QED) is 0.799. The van der Waals surface area contributed by atoms with Crippen LogP contribution in [0, 0.1) is 0 Å². The number of rotatable bonds is 6. The fraction of sp³-hybridized carbons (Fsp3) is 0.611. The molecule has 0 saturated carbocycles. The van der Waals surface area contributed by atoms with Gasteiger partial charge in [0.1, 0.15) is 5.75 Å². The summed E-state index contributed by atoms with van der Waals surface area (Å²) >= 11 is 0. The maximum Gasteiger partial charge on any atom is 0.173 e. The zero-order chi connectivity index (χ0) is 17.8. The standard InChI is InChI=1S/C18H28N6O/c1-5-22-10-12-23(13-11-22)17(15-6-8-16(25-4)9-7-15)18-19-20-21-24(18)14(2)3/h6-9,14,17H,5,10-13H2,1-4H3/t17-/m1/s1. The Balaban J connectivity index is 1.94. The Bertz CT molecular complexity index is 660. The van der Waals surface area contributed by atoms with Gasteiger partial charge in [-0.05, 0) is 48.5 Å². The van der Waals surface area contributed by atoms with Gasteiger partial charge in [0.2, 0.25) is 0 Å². The second kappa shape index (κ2) is 7.93. The first kappa shape index (κ1) is 17.8. The number of nitrogens with zero attached hydrogens (tertiary/aromatic N) is 6. The first-order chi connectivity index (χ1) is 12.1. The highest BCUT2D eigenvalue weighted by atomic mass is 16.5. The molecule has 0 bridgehead atoms. The molecule has 136 valence electrons. The molecule has 0 amide bonds. The van der Waals surface area contributed by atoms with E-state index in [4.69, 9.17) is 4.74 Å². The van der Waals surface area contributed by atoms with Gasteiger partial charge in [0.25, 0.3) is 0 Å². The molecule has 25 heavy (non-hydrogen) atoms. The molecule has 1 atom stereocenters. The summed E-state index contributed by atoms with van der Waals surface area (Å²) in [5.41, 5.74) is 1.20. The van der Waals surface area contributed by atoms with Gasteiger partial charge in [0, 0.05) is 26.2 Å². The van der Waals surface area contributed by atoms with Crippen LogP contribution in [-0.2, 0) is 0 Å². The predicted octanol–water partition coefficient (Wildman–Crippen LogP) is 1.99. The van der Waals surface area contributed by atoms with Gasteiger partial charge in [0.15, 0.2) is 5.82 Å². The smallest absolute Gasteiger partial charge is 0.173 e. The van der Waals surface area contributed by atoms with Crippen LogP contribution in [0.5, 0.6) is 5.75 Å². The van der Waals surface area contributed by atoms with Crippen LogP contribution in [0.25, 0.3) is 0 Å². The van der Waals surface area contributed by atoms with Crippen molar-refractivity contribution in [2.75, 3.05) is 39.8 Å². The van der Waals surface area contributed by atoms with Gasteiger partial charge in [-0.1, -0.05) is 19.1 Å². The zero-order valence-electron chi connectivity index (χ0n) is 15.6. The molecule has 0 unspecified atom stereocenters. The number of hydrogen-bond donors (Lipinski definition) is 0. The first-order valence-electron chi connectivity index (χ1n) is 9.02. The molecule has 1 fully saturated rings. The molecule has 1 aromatic carbocycles. The topological polar surface area (TPSA) is 59.3 Å². The highest BCUT2D eigenvalue weighted by Crippen LogP contribution is 2.30. The molecule has 7 heteroatoms. The van der Waals surface area contributed by atoms with Crippen molar-refractivity contribution in [3.8, 4) is 5.75 Å². The predicted molar refractivity (Wildman–Crippen MR) is 96.7 cm³/mol. The molecule has 0 radical (unpaired) electrons. The summed E-state index contributed by atoms with van der Waals surface area (Å²) in [5.74, 6) is 1.77. The van der Waals surface area contributed by atoms with Crippen molar-refractivity contribution < 1.29 is 4.74 Å². The lowest BCUT2D eigenvalue weighted by molar-refractivity contribution is 0.108. The summed E-state index contributed by atoms with van der Waals surface area (Å²) in [5, 5.41) is 12.6. The van der Waals surface area contributed by atoms with Crippen molar-refractivity contribution in [2.24, 2.45) is 0 Å². The molecule has 0 aliphatic carbocycles. The lowest BCUT2D eigenvalue weighted by Gasteiger charge is -2.38. The molecule has 2 aromatic rings. The maximum absolute atomic E-state index is 5.31. The third-order valence-corrected chi connectivity index (χ3v) is 4.90. The van der Waals surface area contributed by atoms with Crippen molar-refractivity contribution in [3.63, 3.8) is 0 Å². The second-order valence-electron chi connectivity index (χ2n) is 6.72. The van der Waals surface area contributed by atoms with Crippen molar-refractivity contribution in [3.05, 3.63) is 35.7 Å². The molecule has 1 aromatic heterocycles. The average molecular weight is 344 g/mol. The van der Waals surface area contributed by atoms with Crippen molar-refractivity contribution in [2.45, 2.75) is 32.9 Å². The monoisotopic (exact) mass is 344 g/mol. The molecule has 1 saturated heterocycles. The Morgan fingerprint density at radius 1 is 1.08 bits per heavy atom. The second-order valence-corrected chi connectivity index (χ2v) is 6.72. The highest BCUT2D eigenvalue weighted by molar-refractivity contribution is 5.32. The van der Waals surface area contributed by atoms with E-state index in [1.807, 2.05) is 16.8 Å². The van der Waals surface area contributed by atoms with Crippen molar-refractivity contribution >= 4 is 0 Å². The van der Waals surface area contributed by atoms with Gasteiger partial charge in [0.05, 0.1) is 19.2 Å². The minimum absolute atomic E-state index is 0.0577. The summed E-state index contributed by atoms with van der Waals surface area (Å²) in [6.45, 7) is 11.7. The minimum Gasteiger partial charge on any atom is -0.497 e. The van der Waals surface area contributed by atoms with Gasteiger partial charge in [-0.15, -0.1) is 5.10 Å². The summed E-state index contributed by atoms with van der Waals surface area (Å²) in [7, 11) is 1.69. The Morgan fingerprint density at radius 2 is 1.76 bits per heavy atom. The number of tetrazole rings is 1. The number of hydrogen-bond acceptors (Lipinski definition) is 6. The number of aromatic nitrogens is 4. The fourth-order valence-corrected chi connectivity index (χ4v) is 3.40. The van der Waals surface area contributed by atoms with Gasteiger partial charge >= 0.3 is 0 Å². The molecule has 3 rings (SSSR count). The summed E-state index contributed by atoms with van der Waals surface area (Å²) in [6, 6.07) is 8.54. The van der Waals surface area contributed by atoms with E-state index in [0.29, 0.717) is 0 Å². The van der Waals surface area contributed by atoms with Crippen molar-refractivity contribution in [1.29, 1.82) is 0 Å². The van der Waals surface area contributed by atoms with Gasteiger partial charge in [-0.3, -0.25) is 4.90 Å². The lowest BCUT2D eigenvalue weighted by atomic mass is 10.0. The van der Waals surface area contributed by atoms with Crippen LogP contribution in [-0.4, -0.2) is 69.8 Å². The summed E-state index contributed by atoms with van der Waals surface area (Å²) < 4.78 is 7.24. The van der Waals surface area contributed by atoms with Crippen LogP contribution in [0.1, 0.15) is 44.2 Å². The molecular formula is C18H28N6O. The molecular weight excluding hydrogens is 316 g/mol. The zero-order valence-corrected chi connectivity index (χ0v) is 15.6. The van der Waals surface area contributed by atoms with Crippen LogP contribution in [0.4, 0.5) is 0 Å². The number of likely N-dealkylation sites (N-methyl/N-ethyl adjacent to an activating group) is 1. The van der Waals surface area contributed by atoms with Crippen LogP contribution in [0.15, 0.2) is 24.3 Å². The van der Waals surface area contributed by atoms with E-state index in [9.17, 15) is 0 Å². The largest absolute Gasteiger partial charge is 0.497 e. The molecule has 7 nitrogen and oxygen atoms in total. The molecule has 1 aliphatic heterocycles. The number of piperazine rings is 1. The minimum atomic E-state index is 0.0577. The van der Waals surface area contributed by atoms with Crippen LogP contribution < -0.4 is 4.74 Å². The average Bonchev–Trinajstić information content (AvgIpc) is 3.13. The van der Waals surface area contributed by atoms with Crippen molar-refractivity contribution in [1.82, 2.24) is 30.0 Å². The van der Waals surface area contributed by atoms with E-state index in [1.54, 1.807) is 7.11 Å². The highest BCUT2D eigenvalue weighted by Gasteiger charge is 2.30. The maximum atomic E-state index is 5.31. The number of ether oxygens (including phenoxy) is 1. The number of methoxy groups -OCH3 is 1. The van der Waals surface area contributed by atoms with E-state index in [2.05, 4.69) is 58.2 Å². The fourth-order valence-electron chi connectivity index (χ4n) is 3.40. The lowest BCUT2D eigenvalue weighted by Crippen LogP contribution is -2.48. The Hall–Kier alpha value is -1.99. The van der Waals surface area contributed by atoms with E-state index in [1.165, 1.54) is 5.56 Å². The third kappa shape index (κ3) is 3.82. The molecule has 1 aliphatic rings. The van der Waals surface area contributed by atoms with E-state index in [0.717, 1.165) is 44.3 Å². The summed E-state index contributed by atoms with van der Waals surface area (Å²) in [6.07, 6.45) is 0. The van der Waals surface area contributed by atoms with Gasteiger partial charge < -0.3 is 9.64 Å². The van der Waals surface area contributed by atoms with E-state index >= 15 is 0 Å². The van der Waals surface area contributed by atoms with Crippen LogP contribution >= 0.6 is 0 Å². The van der Waals surface area contributed by atoms with Crippen LogP contribution in [0.2, 0.25) is 0 Å². The normalized spacial score (nSPS) is 17.8. The third-order valence-electron chi connectivity index (χ3n) is 4.90. The van der Waals surface area contributed by atoms with Gasteiger partial charge in [-0.25, -0.2) is 4.68 Å². The SMILES string of the molecule is CCN1CCN([C@H](c2ccc(OC)cc2)c2nnnn2C(C)C)CC1. The van der Waals surface area contributed by atoms with Gasteiger partial charge in [-0.2, -0.15) is 0 Å².